The SMILES string of the molecule is COC(=O)N[C@H](C(=O)N1[C@H](c2ncc(-c3ccc(-c4ccc(O)c5c4C4CCC5C4)cc3)[nH]2)C[C@@H]2CCC[C@@H]21)[C@@H](C)OC. The Balaban J connectivity index is 1.15. The van der Waals surface area contributed by atoms with E-state index in [1.54, 1.807) is 6.92 Å². The number of ether oxygens (including phenoxy) is 2. The van der Waals surface area contributed by atoms with Crippen molar-refractivity contribution >= 4 is 12.0 Å². The van der Waals surface area contributed by atoms with Gasteiger partial charge in [0, 0.05) is 18.7 Å². The van der Waals surface area contributed by atoms with Gasteiger partial charge in [-0.3, -0.25) is 4.79 Å². The van der Waals surface area contributed by atoms with E-state index >= 15 is 0 Å². The molecular formula is C34H40N4O5. The maximum Gasteiger partial charge on any atom is 0.407 e. The number of amides is 2. The van der Waals surface area contributed by atoms with Crippen molar-refractivity contribution in [3.05, 3.63) is 59.5 Å². The number of hydrogen-bond acceptors (Lipinski definition) is 6. The Morgan fingerprint density at radius 1 is 1.00 bits per heavy atom. The van der Waals surface area contributed by atoms with Crippen LogP contribution in [0.3, 0.4) is 0 Å². The van der Waals surface area contributed by atoms with Crippen LogP contribution in [0.15, 0.2) is 42.6 Å². The number of likely N-dealkylation sites (tertiary alicyclic amines) is 1. The van der Waals surface area contributed by atoms with Crippen molar-refractivity contribution in [2.24, 2.45) is 5.92 Å². The van der Waals surface area contributed by atoms with Crippen LogP contribution in [-0.2, 0) is 14.3 Å². The number of phenols is 1. The van der Waals surface area contributed by atoms with Crippen LogP contribution in [0.5, 0.6) is 5.75 Å². The van der Waals surface area contributed by atoms with Gasteiger partial charge in [-0.25, -0.2) is 9.78 Å². The van der Waals surface area contributed by atoms with Crippen molar-refractivity contribution in [2.75, 3.05) is 14.2 Å². The molecule has 2 amide bonds. The molecule has 226 valence electrons. The van der Waals surface area contributed by atoms with Gasteiger partial charge in [-0.1, -0.05) is 36.8 Å². The first kappa shape index (κ1) is 28.0. The number of H-pyrrole nitrogens is 1. The van der Waals surface area contributed by atoms with Crippen LogP contribution < -0.4 is 5.32 Å². The van der Waals surface area contributed by atoms with Crippen LogP contribution in [0.1, 0.15) is 86.7 Å². The molecule has 3 fully saturated rings. The van der Waals surface area contributed by atoms with E-state index in [-0.39, 0.29) is 18.0 Å². The lowest BCUT2D eigenvalue weighted by Gasteiger charge is -2.34. The van der Waals surface area contributed by atoms with Gasteiger partial charge < -0.3 is 29.8 Å². The highest BCUT2D eigenvalue weighted by molar-refractivity contribution is 5.87. The number of rotatable bonds is 7. The monoisotopic (exact) mass is 584 g/mol. The molecule has 1 aromatic heterocycles. The topological polar surface area (TPSA) is 117 Å². The highest BCUT2D eigenvalue weighted by Crippen LogP contribution is 2.58. The molecule has 0 radical (unpaired) electrons. The van der Waals surface area contributed by atoms with Crippen LogP contribution in [0.4, 0.5) is 4.79 Å². The molecule has 3 aliphatic carbocycles. The van der Waals surface area contributed by atoms with E-state index in [1.165, 1.54) is 43.8 Å². The zero-order valence-electron chi connectivity index (χ0n) is 25.0. The van der Waals surface area contributed by atoms with E-state index in [9.17, 15) is 14.7 Å². The minimum Gasteiger partial charge on any atom is -0.508 e. The number of imidazole rings is 1. The Kier molecular flexibility index (Phi) is 7.16. The number of methoxy groups -OCH3 is 2. The van der Waals surface area contributed by atoms with Crippen LogP contribution in [0.2, 0.25) is 0 Å². The Hall–Kier alpha value is -3.85. The standard InChI is InChI=1S/C34H40N4O5/c1-18(42-2)31(37-34(41)43-3)33(40)38-26-6-4-5-21(26)16-27(38)32-35-17-25(36-32)20-9-7-19(8-10-20)24-13-14-28(39)30-23-12-11-22(15-23)29(24)30/h7-10,13-14,17-18,21-23,26-27,31,39H,4-6,11-12,15-16H2,1-3H3,(H,35,36)(H,37,41)/t18-,21+,22?,23?,26+,27+,31+/m1/s1. The Labute approximate surface area is 252 Å². The van der Waals surface area contributed by atoms with Crippen molar-refractivity contribution in [1.82, 2.24) is 20.2 Å². The van der Waals surface area contributed by atoms with Crippen LogP contribution in [0, 0.1) is 5.92 Å². The molecule has 43 heavy (non-hydrogen) atoms. The first-order chi connectivity index (χ1) is 20.9. The summed E-state index contributed by atoms with van der Waals surface area (Å²) in [5, 5.41) is 13.3. The fourth-order valence-electron chi connectivity index (χ4n) is 8.45. The first-order valence-electron chi connectivity index (χ1n) is 15.6. The number of benzene rings is 2. The van der Waals surface area contributed by atoms with Crippen molar-refractivity contribution in [3.63, 3.8) is 0 Å². The maximum atomic E-state index is 14.0. The Bertz CT molecular complexity index is 1530. The van der Waals surface area contributed by atoms with Gasteiger partial charge in [-0.15, -0.1) is 0 Å². The number of aromatic hydroxyl groups is 1. The van der Waals surface area contributed by atoms with Crippen molar-refractivity contribution in [1.29, 1.82) is 0 Å². The highest BCUT2D eigenvalue weighted by atomic mass is 16.5. The van der Waals surface area contributed by atoms with E-state index in [2.05, 4.69) is 40.6 Å². The van der Waals surface area contributed by atoms with Gasteiger partial charge in [0.2, 0.25) is 5.91 Å². The van der Waals surface area contributed by atoms with E-state index in [0.29, 0.717) is 23.5 Å². The molecule has 1 aliphatic heterocycles. The van der Waals surface area contributed by atoms with E-state index in [0.717, 1.165) is 54.7 Å². The number of carbonyl (C=O) groups excluding carboxylic acids is 2. The molecule has 2 bridgehead atoms. The normalized spacial score (nSPS) is 26.7. The van der Waals surface area contributed by atoms with Gasteiger partial charge in [-0.05, 0) is 91.5 Å². The largest absolute Gasteiger partial charge is 0.508 e. The van der Waals surface area contributed by atoms with Gasteiger partial charge in [0.05, 0.1) is 31.1 Å². The lowest BCUT2D eigenvalue weighted by atomic mass is 9.85. The Morgan fingerprint density at radius 2 is 1.74 bits per heavy atom. The first-order valence-corrected chi connectivity index (χ1v) is 15.6. The number of aromatic amines is 1. The fourth-order valence-corrected chi connectivity index (χ4v) is 8.45. The number of aromatic nitrogens is 2. The summed E-state index contributed by atoms with van der Waals surface area (Å²) in [7, 11) is 2.82. The average Bonchev–Trinajstić information content (AvgIpc) is 3.86. The minimum absolute atomic E-state index is 0.110. The number of carbonyl (C=O) groups is 2. The van der Waals surface area contributed by atoms with E-state index in [4.69, 9.17) is 14.5 Å². The number of alkyl carbamates (subject to hydrolysis) is 1. The molecule has 3 aromatic rings. The van der Waals surface area contributed by atoms with Crippen LogP contribution >= 0.6 is 0 Å². The fraction of sp³-hybridized carbons (Fsp3) is 0.500. The molecular weight excluding hydrogens is 544 g/mol. The molecule has 4 aliphatic rings. The van der Waals surface area contributed by atoms with Gasteiger partial charge in [0.25, 0.3) is 0 Å². The summed E-state index contributed by atoms with van der Waals surface area (Å²) in [5.41, 5.74) is 6.81. The zero-order valence-corrected chi connectivity index (χ0v) is 25.0. The molecule has 7 rings (SSSR count). The molecule has 1 saturated heterocycles. The van der Waals surface area contributed by atoms with Gasteiger partial charge >= 0.3 is 6.09 Å². The second-order valence-electron chi connectivity index (χ2n) is 12.7. The summed E-state index contributed by atoms with van der Waals surface area (Å²) < 4.78 is 10.3. The number of phenolic OH excluding ortho intramolecular Hbond substituents is 1. The molecule has 2 unspecified atom stereocenters. The highest BCUT2D eigenvalue weighted by Gasteiger charge is 2.50. The van der Waals surface area contributed by atoms with Crippen molar-refractivity contribution in [2.45, 2.75) is 87.9 Å². The predicted octanol–water partition coefficient (Wildman–Crippen LogP) is 6.02. The van der Waals surface area contributed by atoms with Crippen LogP contribution in [0.25, 0.3) is 22.4 Å². The van der Waals surface area contributed by atoms with Gasteiger partial charge in [0.15, 0.2) is 0 Å². The number of nitrogens with zero attached hydrogens (tertiary/aromatic N) is 2. The second kappa shape index (κ2) is 11.0. The Morgan fingerprint density at radius 3 is 2.49 bits per heavy atom. The third-order valence-corrected chi connectivity index (χ3v) is 10.6. The van der Waals surface area contributed by atoms with Crippen molar-refractivity contribution < 1.29 is 24.2 Å². The predicted molar refractivity (Wildman–Crippen MR) is 162 cm³/mol. The summed E-state index contributed by atoms with van der Waals surface area (Å²) >= 11 is 0. The third-order valence-electron chi connectivity index (χ3n) is 10.6. The summed E-state index contributed by atoms with van der Waals surface area (Å²) in [4.78, 5) is 36.4. The third kappa shape index (κ3) is 4.69. The summed E-state index contributed by atoms with van der Waals surface area (Å²) in [5.74, 6) is 2.48. The second-order valence-corrected chi connectivity index (χ2v) is 12.7. The van der Waals surface area contributed by atoms with E-state index in [1.807, 2.05) is 17.2 Å². The summed E-state index contributed by atoms with van der Waals surface area (Å²) in [6, 6.07) is 11.5. The molecule has 2 aromatic carbocycles. The van der Waals surface area contributed by atoms with Gasteiger partial charge in [-0.2, -0.15) is 0 Å². The molecule has 2 saturated carbocycles. The molecule has 2 heterocycles. The zero-order chi connectivity index (χ0) is 29.8. The molecule has 3 N–H and O–H groups in total. The molecule has 7 atom stereocenters. The molecule has 0 spiro atoms. The minimum atomic E-state index is -0.863. The average molecular weight is 585 g/mol. The number of nitrogens with one attached hydrogen (secondary N) is 2. The van der Waals surface area contributed by atoms with Crippen molar-refractivity contribution in [3.8, 4) is 28.1 Å². The quantitative estimate of drug-likeness (QED) is 0.313. The summed E-state index contributed by atoms with van der Waals surface area (Å²) in [6.07, 6.45) is 8.14. The lowest BCUT2D eigenvalue weighted by molar-refractivity contribution is -0.140. The van der Waals surface area contributed by atoms with E-state index < -0.39 is 18.2 Å². The maximum absolute atomic E-state index is 14.0. The number of hydrogen-bond donors (Lipinski definition) is 3. The van der Waals surface area contributed by atoms with Crippen LogP contribution in [-0.4, -0.2) is 64.4 Å². The lowest BCUT2D eigenvalue weighted by Crippen LogP contribution is -2.55. The molecule has 9 nitrogen and oxygen atoms in total. The number of fused-ring (bicyclic) bond motifs is 6. The van der Waals surface area contributed by atoms with Gasteiger partial charge in [0.1, 0.15) is 17.6 Å². The molecule has 9 heteroatoms. The summed E-state index contributed by atoms with van der Waals surface area (Å²) in [6.45, 7) is 1.78. The smallest absolute Gasteiger partial charge is 0.407 e.